The summed E-state index contributed by atoms with van der Waals surface area (Å²) in [5.41, 5.74) is 0. The Bertz CT molecular complexity index is 1350. The molecule has 2 aromatic rings. The lowest BCUT2D eigenvalue weighted by Crippen LogP contribution is -2.51. The Labute approximate surface area is 265 Å². The van der Waals surface area contributed by atoms with Gasteiger partial charge in [-0.15, -0.1) is 0 Å². The van der Waals surface area contributed by atoms with Crippen LogP contribution in [0.25, 0.3) is 0 Å². The third-order valence-electron chi connectivity index (χ3n) is 8.60. The zero-order valence-corrected chi connectivity index (χ0v) is 26.9. The maximum atomic E-state index is 14.0. The molecule has 4 fully saturated rings. The number of carbonyl (C=O) groups excluding carboxylic acids is 2. The van der Waals surface area contributed by atoms with E-state index in [9.17, 15) is 35.6 Å². The molecular weight excluding hydrogens is 636 g/mol. The van der Waals surface area contributed by atoms with E-state index in [0.717, 1.165) is 6.42 Å². The van der Waals surface area contributed by atoms with Crippen LogP contribution < -0.4 is 0 Å². The fourth-order valence-corrected chi connectivity index (χ4v) is 9.66. The number of esters is 1. The molecule has 2 saturated carbocycles. The van der Waals surface area contributed by atoms with Crippen LogP contribution in [0.5, 0.6) is 0 Å². The van der Waals surface area contributed by atoms with Crippen LogP contribution in [0.4, 0.5) is 17.6 Å². The van der Waals surface area contributed by atoms with Crippen molar-refractivity contribution in [3.05, 3.63) is 60.2 Å². The third-order valence-corrected chi connectivity index (χ3v) is 11.8. The predicted octanol–water partition coefficient (Wildman–Crippen LogP) is 5.06. The van der Waals surface area contributed by atoms with Gasteiger partial charge in [-0.25, -0.2) is 34.6 Å². The molecule has 0 amide bonds. The van der Waals surface area contributed by atoms with Crippen LogP contribution in [-0.4, -0.2) is 79.2 Å². The van der Waals surface area contributed by atoms with E-state index < -0.39 is 58.2 Å². The second kappa shape index (κ2) is 15.7. The number of ether oxygens (including phenoxy) is 2. The maximum Gasteiger partial charge on any atom is 0.324 e. The monoisotopic (exact) mass is 674 g/mol. The molecular formula is C31H38F4N2O6S2. The van der Waals surface area contributed by atoms with Gasteiger partial charge in [-0.2, -0.15) is 0 Å². The molecule has 0 aromatic heterocycles. The minimum absolute atomic E-state index is 0.000557. The average molecular weight is 675 g/mol. The number of halogens is 4. The fraction of sp³-hybridized carbons (Fsp3) is 0.548. The smallest absolute Gasteiger partial charge is 0.324 e. The van der Waals surface area contributed by atoms with Crippen molar-refractivity contribution in [2.45, 2.75) is 92.8 Å². The summed E-state index contributed by atoms with van der Waals surface area (Å²) in [6.07, 6.45) is 0.201. The molecule has 4 bridgehead atoms. The first-order valence-corrected chi connectivity index (χ1v) is 17.1. The van der Waals surface area contributed by atoms with Crippen LogP contribution in [0.1, 0.15) is 46.5 Å². The minimum atomic E-state index is -1.72. The summed E-state index contributed by atoms with van der Waals surface area (Å²) in [6.45, 7) is 6.52. The molecule has 248 valence electrons. The number of carbonyl (C=O) groups is 2. The summed E-state index contributed by atoms with van der Waals surface area (Å²) < 4.78 is 91.2. The van der Waals surface area contributed by atoms with E-state index in [0.29, 0.717) is 42.1 Å². The molecule has 2 aromatic carbocycles. The molecule has 0 spiro atoms. The molecule has 0 radical (unpaired) electrons. The zero-order chi connectivity index (χ0) is 32.8. The molecule has 10 unspecified atom stereocenters. The summed E-state index contributed by atoms with van der Waals surface area (Å²) >= 11 is 0. The Hall–Kier alpha value is -2.68. The molecule has 2 aliphatic carbocycles. The van der Waals surface area contributed by atoms with Crippen molar-refractivity contribution in [3.63, 3.8) is 0 Å². The van der Waals surface area contributed by atoms with Crippen molar-refractivity contribution < 1.29 is 45.0 Å². The predicted molar refractivity (Wildman–Crippen MR) is 160 cm³/mol. The lowest BCUT2D eigenvalue weighted by molar-refractivity contribution is -0.149. The largest absolute Gasteiger partial charge is 0.468 e. The second-order valence-corrected chi connectivity index (χ2v) is 14.0. The van der Waals surface area contributed by atoms with Crippen LogP contribution in [0, 0.1) is 23.5 Å². The van der Waals surface area contributed by atoms with Gasteiger partial charge in [0, 0.05) is 18.0 Å². The van der Waals surface area contributed by atoms with Gasteiger partial charge >= 0.3 is 5.97 Å². The maximum absolute atomic E-state index is 14.0. The van der Waals surface area contributed by atoms with Gasteiger partial charge < -0.3 is 9.47 Å². The number of benzene rings is 2. The van der Waals surface area contributed by atoms with Gasteiger partial charge in [0.05, 0.1) is 29.0 Å². The standard InChI is InChI=1S/C15H17F2NO3S.C13H15F2NOS.C3H6O2/c1-2-21-15(19)14-9-7-12(17)13(8-9)18(14)22(20)11-5-3-10(16)4-6-11;1-8-12-6-10(7-13(12)15)16(8)18(17)11-4-2-9(14)3-5-11;1-2-5-3-4/h3-6,9,12-14H,2,7-8H2,1H3;2-5,8,10,12-13H,6-7H2,1H3;3H,2H2,1H3. The summed E-state index contributed by atoms with van der Waals surface area (Å²) in [5.74, 6) is -1.41. The Morgan fingerprint density at radius 2 is 1.40 bits per heavy atom. The first kappa shape index (κ1) is 35.2. The number of hydrogen-bond acceptors (Lipinski definition) is 6. The van der Waals surface area contributed by atoms with Crippen LogP contribution in [-0.2, 0) is 41.0 Å². The van der Waals surface area contributed by atoms with Gasteiger partial charge in [0.25, 0.3) is 6.47 Å². The molecule has 45 heavy (non-hydrogen) atoms. The zero-order valence-electron chi connectivity index (χ0n) is 25.2. The van der Waals surface area contributed by atoms with Gasteiger partial charge in [0.2, 0.25) is 0 Å². The number of hydrogen-bond donors (Lipinski definition) is 0. The van der Waals surface area contributed by atoms with Gasteiger partial charge in [-0.3, -0.25) is 9.59 Å². The molecule has 2 heterocycles. The van der Waals surface area contributed by atoms with E-state index in [4.69, 9.17) is 4.74 Å². The van der Waals surface area contributed by atoms with E-state index in [1.54, 1.807) is 13.8 Å². The summed E-state index contributed by atoms with van der Waals surface area (Å²) in [6, 6.07) is 9.70. The van der Waals surface area contributed by atoms with Crippen molar-refractivity contribution in [1.29, 1.82) is 0 Å². The van der Waals surface area contributed by atoms with Crippen LogP contribution in [0.2, 0.25) is 0 Å². The SMILES string of the molecule is CC1C2CC(CC2F)N1S(=O)c1ccc(F)cc1.CCOC(=O)C1C2CC(F)C(C2)N1S(=O)c1ccc(F)cc1.CCOC=O. The van der Waals surface area contributed by atoms with Crippen LogP contribution in [0.15, 0.2) is 58.3 Å². The van der Waals surface area contributed by atoms with Crippen molar-refractivity contribution in [3.8, 4) is 0 Å². The first-order chi connectivity index (χ1) is 21.5. The number of alkyl halides is 2. The highest BCUT2D eigenvalue weighted by Crippen LogP contribution is 2.47. The number of rotatable bonds is 8. The van der Waals surface area contributed by atoms with Gasteiger partial charge in [0.15, 0.2) is 0 Å². The molecule has 6 rings (SSSR count). The van der Waals surface area contributed by atoms with E-state index >= 15 is 0 Å². The first-order valence-electron chi connectivity index (χ1n) is 14.9. The average Bonchev–Trinajstić information content (AvgIpc) is 3.77. The molecule has 4 aliphatic rings. The van der Waals surface area contributed by atoms with E-state index in [2.05, 4.69) is 4.74 Å². The topological polar surface area (TPSA) is 93.2 Å². The van der Waals surface area contributed by atoms with Crippen molar-refractivity contribution in [2.24, 2.45) is 11.8 Å². The Morgan fingerprint density at radius 1 is 0.844 bits per heavy atom. The van der Waals surface area contributed by atoms with Gasteiger partial charge in [-0.1, -0.05) is 0 Å². The second-order valence-electron chi connectivity index (χ2n) is 11.2. The van der Waals surface area contributed by atoms with Crippen molar-refractivity contribution in [2.75, 3.05) is 13.2 Å². The molecule has 2 aliphatic heterocycles. The quantitative estimate of drug-likeness (QED) is 0.221. The molecule has 10 atom stereocenters. The lowest BCUT2D eigenvalue weighted by atomic mass is 10.00. The normalized spacial score (nSPS) is 31.3. The van der Waals surface area contributed by atoms with Crippen molar-refractivity contribution in [1.82, 2.24) is 8.61 Å². The number of piperidine rings is 2. The molecule has 0 N–H and O–H groups in total. The fourth-order valence-electron chi connectivity index (χ4n) is 6.61. The minimum Gasteiger partial charge on any atom is -0.468 e. The Balaban J connectivity index is 0.000000181. The Morgan fingerprint density at radius 3 is 1.84 bits per heavy atom. The van der Waals surface area contributed by atoms with Crippen molar-refractivity contribution >= 4 is 34.4 Å². The van der Waals surface area contributed by atoms with Gasteiger partial charge in [-0.05, 0) is 101 Å². The highest BCUT2D eigenvalue weighted by atomic mass is 32.2. The molecule has 2 saturated heterocycles. The lowest BCUT2D eigenvalue weighted by Gasteiger charge is -2.33. The van der Waals surface area contributed by atoms with Crippen LogP contribution >= 0.6 is 0 Å². The molecule has 8 nitrogen and oxygen atoms in total. The van der Waals surface area contributed by atoms with Gasteiger partial charge in [0.1, 0.15) is 52.0 Å². The van der Waals surface area contributed by atoms with E-state index in [1.165, 1.54) is 52.8 Å². The van der Waals surface area contributed by atoms with E-state index in [1.807, 2.05) is 11.2 Å². The number of nitrogens with zero attached hydrogens (tertiary/aromatic N) is 2. The summed E-state index contributed by atoms with van der Waals surface area (Å²) in [4.78, 5) is 22.3. The molecule has 14 heteroatoms. The number of fused-ring (bicyclic) bond motifs is 4. The summed E-state index contributed by atoms with van der Waals surface area (Å²) in [5, 5.41) is 0. The highest BCUT2D eigenvalue weighted by Gasteiger charge is 2.57. The third kappa shape index (κ3) is 7.83. The van der Waals surface area contributed by atoms with E-state index in [-0.39, 0.29) is 36.3 Å². The highest BCUT2D eigenvalue weighted by molar-refractivity contribution is 7.83. The summed E-state index contributed by atoms with van der Waals surface area (Å²) in [7, 11) is -3.03. The Kier molecular flexibility index (Phi) is 12.3. The van der Waals surface area contributed by atoms with Crippen LogP contribution in [0.3, 0.4) is 0 Å².